The highest BCUT2D eigenvalue weighted by Gasteiger charge is 2.41. The van der Waals surface area contributed by atoms with Gasteiger partial charge in [-0.3, -0.25) is 9.78 Å². The standard InChI is InChI=1S/C21H27N3O/c1-13-17-6-4-5-7-18(17)19(12-23-13)21(2,3)24-20(25)14-8-15-10-22-11-16(15)9-14/h4-7,12,14-16,22H,8-11H2,1-3H3,(H,24,25)/t14?,15-,16?/m0/s1. The van der Waals surface area contributed by atoms with E-state index < -0.39 is 5.54 Å². The SMILES string of the molecule is Cc1ncc(C(C)(C)NC(=O)C2CC3CNC[C@@H]3C2)c2ccccc12. The van der Waals surface area contributed by atoms with Gasteiger partial charge in [-0.25, -0.2) is 0 Å². The zero-order chi connectivity index (χ0) is 17.6. The summed E-state index contributed by atoms with van der Waals surface area (Å²) in [5.74, 6) is 1.71. The summed E-state index contributed by atoms with van der Waals surface area (Å²) >= 11 is 0. The number of amides is 1. The highest BCUT2D eigenvalue weighted by molar-refractivity contribution is 5.89. The summed E-state index contributed by atoms with van der Waals surface area (Å²) in [6.45, 7) is 8.35. The lowest BCUT2D eigenvalue weighted by molar-refractivity contribution is -0.126. The highest BCUT2D eigenvalue weighted by Crippen LogP contribution is 2.39. The van der Waals surface area contributed by atoms with Crippen molar-refractivity contribution in [3.05, 3.63) is 41.7 Å². The largest absolute Gasteiger partial charge is 0.347 e. The van der Waals surface area contributed by atoms with Crippen molar-refractivity contribution in [1.82, 2.24) is 15.6 Å². The number of aryl methyl sites for hydroxylation is 1. The molecule has 2 aliphatic rings. The third kappa shape index (κ3) is 2.93. The van der Waals surface area contributed by atoms with Crippen LogP contribution in [0.4, 0.5) is 0 Å². The minimum absolute atomic E-state index is 0.154. The lowest BCUT2D eigenvalue weighted by Gasteiger charge is -2.30. The minimum atomic E-state index is -0.437. The Morgan fingerprint density at radius 3 is 2.48 bits per heavy atom. The molecule has 0 radical (unpaired) electrons. The van der Waals surface area contributed by atoms with Gasteiger partial charge in [-0.05, 0) is 63.9 Å². The fraction of sp³-hybridized carbons (Fsp3) is 0.524. The van der Waals surface area contributed by atoms with Crippen LogP contribution in [0.5, 0.6) is 0 Å². The molecule has 1 aliphatic heterocycles. The third-order valence-electron chi connectivity index (χ3n) is 6.13. The second-order valence-corrected chi connectivity index (χ2v) is 8.26. The molecule has 2 unspecified atom stereocenters. The number of aromatic nitrogens is 1. The van der Waals surface area contributed by atoms with E-state index >= 15 is 0 Å². The summed E-state index contributed by atoms with van der Waals surface area (Å²) < 4.78 is 0. The average Bonchev–Trinajstić information content (AvgIpc) is 3.16. The maximum atomic E-state index is 12.9. The van der Waals surface area contributed by atoms with Crippen molar-refractivity contribution in [2.45, 2.75) is 39.2 Å². The summed E-state index contributed by atoms with van der Waals surface area (Å²) in [6.07, 6.45) is 3.96. The average molecular weight is 337 g/mol. The van der Waals surface area contributed by atoms with Crippen molar-refractivity contribution in [2.75, 3.05) is 13.1 Å². The maximum absolute atomic E-state index is 12.9. The van der Waals surface area contributed by atoms with Crippen LogP contribution in [0.2, 0.25) is 0 Å². The maximum Gasteiger partial charge on any atom is 0.223 e. The topological polar surface area (TPSA) is 54.0 Å². The number of carbonyl (C=O) groups is 1. The summed E-state index contributed by atoms with van der Waals surface area (Å²) in [5, 5.41) is 9.09. The van der Waals surface area contributed by atoms with Gasteiger partial charge in [0, 0.05) is 28.8 Å². The second kappa shape index (κ2) is 6.10. The molecule has 4 heteroatoms. The first-order valence-electron chi connectivity index (χ1n) is 9.33. The van der Waals surface area contributed by atoms with Crippen LogP contribution < -0.4 is 10.6 Å². The van der Waals surface area contributed by atoms with Gasteiger partial charge in [-0.1, -0.05) is 24.3 Å². The van der Waals surface area contributed by atoms with Crippen LogP contribution in [0.3, 0.4) is 0 Å². The van der Waals surface area contributed by atoms with Crippen LogP contribution in [-0.4, -0.2) is 24.0 Å². The number of nitrogens with zero attached hydrogens (tertiary/aromatic N) is 1. The monoisotopic (exact) mass is 337 g/mol. The number of hydrogen-bond donors (Lipinski definition) is 2. The summed E-state index contributed by atoms with van der Waals surface area (Å²) in [7, 11) is 0. The van der Waals surface area contributed by atoms with E-state index in [1.807, 2.05) is 25.3 Å². The smallest absolute Gasteiger partial charge is 0.223 e. The molecule has 132 valence electrons. The van der Waals surface area contributed by atoms with E-state index in [1.165, 1.54) is 5.39 Å². The molecule has 2 aromatic rings. The Hall–Kier alpha value is -1.94. The normalized spacial score (nSPS) is 26.0. The van der Waals surface area contributed by atoms with Crippen molar-refractivity contribution in [3.8, 4) is 0 Å². The van der Waals surface area contributed by atoms with Crippen LogP contribution in [0.25, 0.3) is 10.8 Å². The van der Waals surface area contributed by atoms with Crippen molar-refractivity contribution in [2.24, 2.45) is 17.8 Å². The number of benzene rings is 1. The fourth-order valence-corrected chi connectivity index (χ4v) is 4.69. The molecule has 2 N–H and O–H groups in total. The van der Waals surface area contributed by atoms with Crippen LogP contribution in [0.15, 0.2) is 30.5 Å². The molecule has 2 fully saturated rings. The number of fused-ring (bicyclic) bond motifs is 2. The molecule has 1 amide bonds. The zero-order valence-electron chi connectivity index (χ0n) is 15.3. The number of carbonyl (C=O) groups excluding carboxylic acids is 1. The Labute approximate surface area is 149 Å². The molecule has 4 nitrogen and oxygen atoms in total. The van der Waals surface area contributed by atoms with E-state index in [0.29, 0.717) is 11.8 Å². The molecule has 0 spiro atoms. The van der Waals surface area contributed by atoms with Gasteiger partial charge in [0.05, 0.1) is 5.54 Å². The number of pyridine rings is 1. The number of nitrogens with one attached hydrogen (secondary N) is 2. The van der Waals surface area contributed by atoms with Crippen LogP contribution in [0, 0.1) is 24.7 Å². The number of rotatable bonds is 3. The first-order chi connectivity index (χ1) is 12.0. The molecule has 1 aliphatic carbocycles. The van der Waals surface area contributed by atoms with E-state index in [4.69, 9.17) is 0 Å². The lowest BCUT2D eigenvalue weighted by Crippen LogP contribution is -2.44. The molecule has 0 bridgehead atoms. The van der Waals surface area contributed by atoms with E-state index in [0.717, 1.165) is 42.6 Å². The first-order valence-corrected chi connectivity index (χ1v) is 9.33. The van der Waals surface area contributed by atoms with Gasteiger partial charge >= 0.3 is 0 Å². The Morgan fingerprint density at radius 2 is 1.80 bits per heavy atom. The molecule has 1 aromatic heterocycles. The van der Waals surface area contributed by atoms with Gasteiger partial charge in [0.2, 0.25) is 5.91 Å². The predicted molar refractivity (Wildman–Crippen MR) is 100 cm³/mol. The van der Waals surface area contributed by atoms with Gasteiger partial charge < -0.3 is 10.6 Å². The highest BCUT2D eigenvalue weighted by atomic mass is 16.2. The molecule has 1 saturated carbocycles. The van der Waals surface area contributed by atoms with E-state index in [9.17, 15) is 4.79 Å². The van der Waals surface area contributed by atoms with E-state index in [1.54, 1.807) is 0 Å². The van der Waals surface area contributed by atoms with Crippen molar-refractivity contribution >= 4 is 16.7 Å². The third-order valence-corrected chi connectivity index (χ3v) is 6.13. The van der Waals surface area contributed by atoms with Gasteiger partial charge in [-0.2, -0.15) is 0 Å². The predicted octanol–water partition coefficient (Wildman–Crippen LogP) is 3.14. The van der Waals surface area contributed by atoms with E-state index in [-0.39, 0.29) is 11.8 Å². The molecule has 1 saturated heterocycles. The molecule has 3 atom stereocenters. The van der Waals surface area contributed by atoms with Gasteiger partial charge in [0.25, 0.3) is 0 Å². The summed E-state index contributed by atoms with van der Waals surface area (Å²) in [5.41, 5.74) is 1.67. The van der Waals surface area contributed by atoms with Crippen LogP contribution in [-0.2, 0) is 10.3 Å². The Balaban J connectivity index is 1.58. The molecule has 1 aromatic carbocycles. The second-order valence-electron chi connectivity index (χ2n) is 8.26. The molecule has 2 heterocycles. The zero-order valence-corrected chi connectivity index (χ0v) is 15.3. The lowest BCUT2D eigenvalue weighted by atomic mass is 9.89. The van der Waals surface area contributed by atoms with Crippen molar-refractivity contribution in [1.29, 1.82) is 0 Å². The molecular formula is C21H27N3O. The van der Waals surface area contributed by atoms with Crippen LogP contribution >= 0.6 is 0 Å². The molecule has 25 heavy (non-hydrogen) atoms. The Bertz CT molecular complexity index is 802. The molecular weight excluding hydrogens is 310 g/mol. The number of hydrogen-bond acceptors (Lipinski definition) is 3. The Kier molecular flexibility index (Phi) is 4.03. The first kappa shape index (κ1) is 16.5. The van der Waals surface area contributed by atoms with E-state index in [2.05, 4.69) is 41.6 Å². The van der Waals surface area contributed by atoms with Crippen molar-refractivity contribution in [3.63, 3.8) is 0 Å². The summed E-state index contributed by atoms with van der Waals surface area (Å²) in [6, 6.07) is 8.31. The van der Waals surface area contributed by atoms with Gasteiger partial charge in [0.15, 0.2) is 0 Å². The Morgan fingerprint density at radius 1 is 1.16 bits per heavy atom. The molecule has 4 rings (SSSR count). The summed E-state index contributed by atoms with van der Waals surface area (Å²) in [4.78, 5) is 17.5. The fourth-order valence-electron chi connectivity index (χ4n) is 4.69. The quantitative estimate of drug-likeness (QED) is 0.905. The van der Waals surface area contributed by atoms with Gasteiger partial charge in [-0.15, -0.1) is 0 Å². The minimum Gasteiger partial charge on any atom is -0.347 e. The van der Waals surface area contributed by atoms with Crippen LogP contribution in [0.1, 0.15) is 37.9 Å². The van der Waals surface area contributed by atoms with Crippen molar-refractivity contribution < 1.29 is 4.79 Å². The van der Waals surface area contributed by atoms with Gasteiger partial charge in [0.1, 0.15) is 0 Å².